The molecule has 0 saturated heterocycles. The highest BCUT2D eigenvalue weighted by molar-refractivity contribution is 5.28. The van der Waals surface area contributed by atoms with E-state index in [9.17, 15) is 0 Å². The van der Waals surface area contributed by atoms with Crippen LogP contribution in [-0.4, -0.2) is 36.1 Å². The lowest BCUT2D eigenvalue weighted by molar-refractivity contribution is 0.288. The molecule has 0 aliphatic carbocycles. The van der Waals surface area contributed by atoms with Gasteiger partial charge < -0.3 is 14.8 Å². The van der Waals surface area contributed by atoms with Gasteiger partial charge in [-0.2, -0.15) is 5.26 Å². The third-order valence-corrected chi connectivity index (χ3v) is 3.11. The molecule has 0 aliphatic rings. The van der Waals surface area contributed by atoms with E-state index in [-0.39, 0.29) is 0 Å². The fraction of sp³-hybridized carbons (Fsp3) is 0.643. The predicted octanol–water partition coefficient (Wildman–Crippen LogP) is 1.57. The minimum absolute atomic E-state index is 0.464. The standard InChI is InChI=1S/C14H24N4/c1-11(2)14(10-17(3)4)16-8-12-6-13(7-15)18(5)9-12/h6,9,11,14,16H,8,10H2,1-5H3. The number of nitrogens with one attached hydrogen (secondary N) is 1. The van der Waals surface area contributed by atoms with Gasteiger partial charge in [-0.25, -0.2) is 0 Å². The molecular weight excluding hydrogens is 224 g/mol. The first kappa shape index (κ1) is 14.7. The smallest absolute Gasteiger partial charge is 0.120 e. The van der Waals surface area contributed by atoms with Crippen molar-refractivity contribution in [3.8, 4) is 6.07 Å². The maximum absolute atomic E-state index is 8.92. The van der Waals surface area contributed by atoms with Crippen LogP contribution in [0.4, 0.5) is 0 Å². The molecule has 1 aromatic rings. The second-order valence-electron chi connectivity index (χ2n) is 5.45. The Kier molecular flexibility index (Phi) is 5.39. The molecular formula is C14H24N4. The van der Waals surface area contributed by atoms with Crippen molar-refractivity contribution < 1.29 is 0 Å². The topological polar surface area (TPSA) is 44.0 Å². The molecule has 0 amide bonds. The number of nitriles is 1. The first-order chi connectivity index (χ1) is 8.43. The molecule has 0 saturated carbocycles. The minimum atomic E-state index is 0.464. The summed E-state index contributed by atoms with van der Waals surface area (Å²) in [5, 5.41) is 12.5. The molecule has 18 heavy (non-hydrogen) atoms. The minimum Gasteiger partial charge on any atom is -0.342 e. The molecule has 1 aromatic heterocycles. The summed E-state index contributed by atoms with van der Waals surface area (Å²) in [6.07, 6.45) is 2.01. The van der Waals surface area contributed by atoms with Crippen molar-refractivity contribution in [1.82, 2.24) is 14.8 Å². The van der Waals surface area contributed by atoms with Gasteiger partial charge in [0.2, 0.25) is 0 Å². The van der Waals surface area contributed by atoms with E-state index in [0.717, 1.165) is 13.1 Å². The number of aryl methyl sites for hydroxylation is 1. The largest absolute Gasteiger partial charge is 0.342 e. The van der Waals surface area contributed by atoms with Crippen LogP contribution in [0.2, 0.25) is 0 Å². The van der Waals surface area contributed by atoms with Gasteiger partial charge in [0.15, 0.2) is 0 Å². The molecule has 1 N–H and O–H groups in total. The Hall–Kier alpha value is -1.31. The average molecular weight is 248 g/mol. The average Bonchev–Trinajstić information content (AvgIpc) is 2.64. The number of rotatable bonds is 6. The summed E-state index contributed by atoms with van der Waals surface area (Å²) in [5.74, 6) is 0.589. The summed E-state index contributed by atoms with van der Waals surface area (Å²) in [4.78, 5) is 2.20. The summed E-state index contributed by atoms with van der Waals surface area (Å²) in [5.41, 5.74) is 1.87. The molecule has 0 aliphatic heterocycles. The number of nitrogens with zero attached hydrogens (tertiary/aromatic N) is 3. The zero-order valence-corrected chi connectivity index (χ0v) is 12.1. The predicted molar refractivity (Wildman–Crippen MR) is 74.1 cm³/mol. The van der Waals surface area contributed by atoms with E-state index in [0.29, 0.717) is 17.7 Å². The maximum atomic E-state index is 8.92. The molecule has 1 rings (SSSR count). The Bertz CT molecular complexity index is 412. The van der Waals surface area contributed by atoms with E-state index in [4.69, 9.17) is 5.26 Å². The van der Waals surface area contributed by atoms with Crippen molar-refractivity contribution in [2.75, 3.05) is 20.6 Å². The van der Waals surface area contributed by atoms with Crippen LogP contribution in [0.25, 0.3) is 0 Å². The van der Waals surface area contributed by atoms with Gasteiger partial charge in [-0.1, -0.05) is 13.8 Å². The van der Waals surface area contributed by atoms with E-state index in [1.807, 2.05) is 23.9 Å². The van der Waals surface area contributed by atoms with Crippen molar-refractivity contribution in [2.45, 2.75) is 26.4 Å². The molecule has 0 aromatic carbocycles. The summed E-state index contributed by atoms with van der Waals surface area (Å²) < 4.78 is 1.87. The highest BCUT2D eigenvalue weighted by Gasteiger charge is 2.14. The van der Waals surface area contributed by atoms with E-state index < -0.39 is 0 Å². The van der Waals surface area contributed by atoms with E-state index in [1.165, 1.54) is 5.56 Å². The number of aromatic nitrogens is 1. The molecule has 0 bridgehead atoms. The fourth-order valence-electron chi connectivity index (χ4n) is 1.99. The van der Waals surface area contributed by atoms with Gasteiger partial charge >= 0.3 is 0 Å². The third kappa shape index (κ3) is 4.17. The summed E-state index contributed by atoms with van der Waals surface area (Å²) in [6, 6.07) is 4.59. The monoisotopic (exact) mass is 248 g/mol. The highest BCUT2D eigenvalue weighted by Crippen LogP contribution is 2.08. The Morgan fingerprint density at radius 3 is 2.56 bits per heavy atom. The Morgan fingerprint density at radius 2 is 2.11 bits per heavy atom. The Morgan fingerprint density at radius 1 is 1.44 bits per heavy atom. The number of likely N-dealkylation sites (N-methyl/N-ethyl adjacent to an activating group) is 1. The number of hydrogen-bond donors (Lipinski definition) is 1. The molecule has 1 unspecified atom stereocenters. The van der Waals surface area contributed by atoms with E-state index >= 15 is 0 Å². The van der Waals surface area contributed by atoms with Crippen LogP contribution in [0.15, 0.2) is 12.3 Å². The second kappa shape index (κ2) is 6.58. The molecule has 100 valence electrons. The van der Waals surface area contributed by atoms with Crippen LogP contribution in [-0.2, 0) is 13.6 Å². The van der Waals surface area contributed by atoms with Crippen LogP contribution in [0, 0.1) is 17.2 Å². The fourth-order valence-corrected chi connectivity index (χ4v) is 1.99. The maximum Gasteiger partial charge on any atom is 0.120 e. The highest BCUT2D eigenvalue weighted by atomic mass is 15.1. The third-order valence-electron chi connectivity index (χ3n) is 3.11. The van der Waals surface area contributed by atoms with Gasteiger partial charge in [0.1, 0.15) is 11.8 Å². The summed E-state index contributed by atoms with van der Waals surface area (Å²) in [7, 11) is 6.09. The van der Waals surface area contributed by atoms with Gasteiger partial charge in [0, 0.05) is 32.4 Å². The van der Waals surface area contributed by atoms with Crippen LogP contribution >= 0.6 is 0 Å². The molecule has 1 atom stereocenters. The lowest BCUT2D eigenvalue weighted by atomic mass is 10.0. The van der Waals surface area contributed by atoms with Crippen molar-refractivity contribution >= 4 is 0 Å². The van der Waals surface area contributed by atoms with Gasteiger partial charge in [-0.3, -0.25) is 0 Å². The molecule has 0 radical (unpaired) electrons. The first-order valence-electron chi connectivity index (χ1n) is 6.37. The quantitative estimate of drug-likeness (QED) is 0.831. The molecule has 0 fully saturated rings. The van der Waals surface area contributed by atoms with E-state index in [1.54, 1.807) is 0 Å². The molecule has 4 heteroatoms. The zero-order valence-electron chi connectivity index (χ0n) is 12.1. The summed E-state index contributed by atoms with van der Waals surface area (Å²) >= 11 is 0. The lowest BCUT2D eigenvalue weighted by Gasteiger charge is -2.25. The van der Waals surface area contributed by atoms with Crippen LogP contribution in [0.3, 0.4) is 0 Å². The van der Waals surface area contributed by atoms with Crippen LogP contribution in [0.5, 0.6) is 0 Å². The Labute approximate surface area is 110 Å². The van der Waals surface area contributed by atoms with Crippen LogP contribution in [0.1, 0.15) is 25.1 Å². The van der Waals surface area contributed by atoms with Crippen molar-refractivity contribution in [2.24, 2.45) is 13.0 Å². The SMILES string of the molecule is CC(C)C(CN(C)C)NCc1cc(C#N)n(C)c1. The van der Waals surface area contributed by atoms with Gasteiger partial charge in [-0.05, 0) is 31.6 Å². The first-order valence-corrected chi connectivity index (χ1v) is 6.37. The number of hydrogen-bond acceptors (Lipinski definition) is 3. The second-order valence-corrected chi connectivity index (χ2v) is 5.45. The van der Waals surface area contributed by atoms with E-state index in [2.05, 4.69) is 44.2 Å². The van der Waals surface area contributed by atoms with Gasteiger partial charge in [-0.15, -0.1) is 0 Å². The molecule has 4 nitrogen and oxygen atoms in total. The van der Waals surface area contributed by atoms with Crippen molar-refractivity contribution in [3.05, 3.63) is 23.5 Å². The van der Waals surface area contributed by atoms with Crippen molar-refractivity contribution in [1.29, 1.82) is 5.26 Å². The van der Waals surface area contributed by atoms with Crippen molar-refractivity contribution in [3.63, 3.8) is 0 Å². The van der Waals surface area contributed by atoms with Crippen LogP contribution < -0.4 is 5.32 Å². The van der Waals surface area contributed by atoms with Gasteiger partial charge in [0.25, 0.3) is 0 Å². The Balaban J connectivity index is 2.59. The molecule has 1 heterocycles. The summed E-state index contributed by atoms with van der Waals surface area (Å²) in [6.45, 7) is 6.29. The lowest BCUT2D eigenvalue weighted by Crippen LogP contribution is -2.41. The zero-order chi connectivity index (χ0) is 13.7. The molecule has 0 spiro atoms. The normalized spacial score (nSPS) is 13.0. The van der Waals surface area contributed by atoms with Gasteiger partial charge in [0.05, 0.1) is 0 Å².